The summed E-state index contributed by atoms with van der Waals surface area (Å²) >= 11 is 6.18. The summed E-state index contributed by atoms with van der Waals surface area (Å²) in [6, 6.07) is 12.5. The maximum absolute atomic E-state index is 12.9. The summed E-state index contributed by atoms with van der Waals surface area (Å²) in [5, 5.41) is 3.31. The molecule has 1 amide bonds. The van der Waals surface area contributed by atoms with E-state index in [2.05, 4.69) is 5.32 Å². The zero-order chi connectivity index (χ0) is 17.8. The van der Waals surface area contributed by atoms with Crippen LogP contribution in [0.3, 0.4) is 0 Å². The number of benzene rings is 2. The smallest absolute Gasteiger partial charge is 0.259 e. The van der Waals surface area contributed by atoms with Gasteiger partial charge in [0.25, 0.3) is 5.91 Å². The van der Waals surface area contributed by atoms with Gasteiger partial charge in [0, 0.05) is 16.3 Å². The molecule has 0 fully saturated rings. The van der Waals surface area contributed by atoms with Gasteiger partial charge in [-0.1, -0.05) is 11.6 Å². The van der Waals surface area contributed by atoms with Crippen LogP contribution in [-0.4, -0.2) is 5.91 Å². The largest absolute Gasteiger partial charge is 0.489 e. The molecule has 0 atom stereocenters. The van der Waals surface area contributed by atoms with Crippen molar-refractivity contribution in [3.8, 4) is 5.75 Å². The van der Waals surface area contributed by atoms with Crippen molar-refractivity contribution in [2.24, 2.45) is 0 Å². The fourth-order valence-corrected chi connectivity index (χ4v) is 2.45. The van der Waals surface area contributed by atoms with Crippen molar-refractivity contribution in [1.29, 1.82) is 0 Å². The third-order valence-corrected chi connectivity index (χ3v) is 3.98. The Morgan fingerprint density at radius 1 is 1.20 bits per heavy atom. The molecule has 1 N–H and O–H groups in total. The first-order chi connectivity index (χ1) is 12.0. The molecule has 6 heteroatoms. The normalized spacial score (nSPS) is 10.5. The first kappa shape index (κ1) is 17.0. The predicted molar refractivity (Wildman–Crippen MR) is 93.6 cm³/mol. The fourth-order valence-electron chi connectivity index (χ4n) is 2.27. The average Bonchev–Trinajstić information content (AvgIpc) is 3.03. The van der Waals surface area contributed by atoms with Gasteiger partial charge in [-0.15, -0.1) is 0 Å². The highest BCUT2D eigenvalue weighted by atomic mass is 35.5. The molecule has 3 aromatic rings. The van der Waals surface area contributed by atoms with E-state index in [9.17, 15) is 9.18 Å². The molecular weight excluding hydrogens is 345 g/mol. The number of aryl methyl sites for hydroxylation is 1. The Morgan fingerprint density at radius 2 is 1.96 bits per heavy atom. The third kappa shape index (κ3) is 4.19. The third-order valence-electron chi connectivity index (χ3n) is 3.62. The molecule has 0 aliphatic carbocycles. The van der Waals surface area contributed by atoms with Crippen LogP contribution in [0, 0.1) is 12.7 Å². The lowest BCUT2D eigenvalue weighted by molar-refractivity contribution is 0.102. The van der Waals surface area contributed by atoms with Crippen LogP contribution in [0.1, 0.15) is 21.7 Å². The topological polar surface area (TPSA) is 51.5 Å². The van der Waals surface area contributed by atoms with Crippen LogP contribution in [-0.2, 0) is 6.61 Å². The number of nitrogens with one attached hydrogen (secondary N) is 1. The number of carbonyl (C=O) groups is 1. The molecule has 128 valence electrons. The lowest BCUT2D eigenvalue weighted by Gasteiger charge is -2.11. The van der Waals surface area contributed by atoms with E-state index in [0.717, 1.165) is 0 Å². The molecule has 0 saturated heterocycles. The van der Waals surface area contributed by atoms with E-state index in [1.807, 2.05) is 0 Å². The highest BCUT2D eigenvalue weighted by Crippen LogP contribution is 2.23. The highest BCUT2D eigenvalue weighted by molar-refractivity contribution is 6.31. The molecule has 0 spiro atoms. The van der Waals surface area contributed by atoms with Crippen molar-refractivity contribution < 1.29 is 18.3 Å². The molecule has 2 aromatic carbocycles. The Morgan fingerprint density at radius 3 is 2.64 bits per heavy atom. The van der Waals surface area contributed by atoms with Crippen LogP contribution in [0.15, 0.2) is 59.2 Å². The zero-order valence-electron chi connectivity index (χ0n) is 13.4. The van der Waals surface area contributed by atoms with Crippen molar-refractivity contribution in [1.82, 2.24) is 0 Å². The molecule has 0 aliphatic heterocycles. The molecule has 1 heterocycles. The maximum Gasteiger partial charge on any atom is 0.259 e. The average molecular weight is 360 g/mol. The number of ether oxygens (including phenoxy) is 1. The first-order valence-corrected chi connectivity index (χ1v) is 7.93. The van der Waals surface area contributed by atoms with E-state index in [-0.39, 0.29) is 18.3 Å². The summed E-state index contributed by atoms with van der Waals surface area (Å²) < 4.78 is 23.6. The molecule has 1 aromatic heterocycles. The van der Waals surface area contributed by atoms with Crippen molar-refractivity contribution in [3.63, 3.8) is 0 Å². The van der Waals surface area contributed by atoms with Crippen molar-refractivity contribution in [3.05, 3.63) is 82.5 Å². The molecule has 4 nitrogen and oxygen atoms in total. The van der Waals surface area contributed by atoms with Crippen LogP contribution in [0.2, 0.25) is 5.02 Å². The fraction of sp³-hybridized carbons (Fsp3) is 0.105. The van der Waals surface area contributed by atoms with Gasteiger partial charge in [0.1, 0.15) is 23.9 Å². The van der Waals surface area contributed by atoms with Crippen LogP contribution in [0.25, 0.3) is 0 Å². The molecule has 0 aliphatic rings. The summed E-state index contributed by atoms with van der Waals surface area (Å²) in [6.45, 7) is 1.91. The van der Waals surface area contributed by atoms with Gasteiger partial charge in [-0.05, 0) is 55.5 Å². The van der Waals surface area contributed by atoms with Crippen LogP contribution >= 0.6 is 11.6 Å². The number of halogens is 2. The first-order valence-electron chi connectivity index (χ1n) is 7.55. The van der Waals surface area contributed by atoms with Crippen LogP contribution < -0.4 is 10.1 Å². The Bertz CT molecular complexity index is 890. The summed E-state index contributed by atoms with van der Waals surface area (Å²) in [5.74, 6) is 0.482. The van der Waals surface area contributed by atoms with Gasteiger partial charge in [-0.2, -0.15) is 0 Å². The number of carbonyl (C=O) groups excluding carboxylic acids is 1. The minimum Gasteiger partial charge on any atom is -0.489 e. The van der Waals surface area contributed by atoms with Crippen molar-refractivity contribution in [2.75, 3.05) is 5.32 Å². The molecule has 25 heavy (non-hydrogen) atoms. The number of furan rings is 1. The second-order valence-corrected chi connectivity index (χ2v) is 5.80. The van der Waals surface area contributed by atoms with E-state index in [0.29, 0.717) is 33.3 Å². The molecule has 0 radical (unpaired) electrons. The van der Waals surface area contributed by atoms with E-state index in [1.54, 1.807) is 31.2 Å². The Labute approximate surface area is 149 Å². The van der Waals surface area contributed by atoms with E-state index in [4.69, 9.17) is 20.8 Å². The van der Waals surface area contributed by atoms with Crippen molar-refractivity contribution >= 4 is 23.2 Å². The second-order valence-electron chi connectivity index (χ2n) is 5.39. The summed E-state index contributed by atoms with van der Waals surface area (Å²) in [7, 11) is 0. The Hall–Kier alpha value is -2.79. The molecule has 3 rings (SSSR count). The van der Waals surface area contributed by atoms with Crippen molar-refractivity contribution in [2.45, 2.75) is 13.5 Å². The maximum atomic E-state index is 12.9. The molecule has 0 unspecified atom stereocenters. The number of amides is 1. The second kappa shape index (κ2) is 7.40. The van der Waals surface area contributed by atoms with E-state index < -0.39 is 0 Å². The van der Waals surface area contributed by atoms with Gasteiger partial charge in [0.15, 0.2) is 0 Å². The number of rotatable bonds is 5. The Kier molecular flexibility index (Phi) is 5.05. The SMILES string of the molecule is Cc1occc1C(=O)Nc1ccc(Cl)c(COc2ccc(F)cc2)c1. The van der Waals surface area contributed by atoms with E-state index in [1.165, 1.54) is 30.5 Å². The minimum absolute atomic E-state index is 0.193. The Balaban J connectivity index is 1.70. The minimum atomic E-state index is -0.329. The summed E-state index contributed by atoms with van der Waals surface area (Å²) in [6.07, 6.45) is 1.47. The summed E-state index contributed by atoms with van der Waals surface area (Å²) in [4.78, 5) is 12.2. The van der Waals surface area contributed by atoms with Crippen LogP contribution in [0.5, 0.6) is 5.75 Å². The number of hydrogen-bond acceptors (Lipinski definition) is 3. The van der Waals surface area contributed by atoms with E-state index >= 15 is 0 Å². The van der Waals surface area contributed by atoms with Gasteiger partial charge < -0.3 is 14.5 Å². The van der Waals surface area contributed by atoms with Crippen LogP contribution in [0.4, 0.5) is 10.1 Å². The lowest BCUT2D eigenvalue weighted by Crippen LogP contribution is -2.12. The molecule has 0 saturated carbocycles. The predicted octanol–water partition coefficient (Wildman–Crippen LogP) is 5.21. The van der Waals surface area contributed by atoms with Gasteiger partial charge in [0.05, 0.1) is 11.8 Å². The number of anilines is 1. The van der Waals surface area contributed by atoms with Gasteiger partial charge in [-0.3, -0.25) is 4.79 Å². The quantitative estimate of drug-likeness (QED) is 0.680. The highest BCUT2D eigenvalue weighted by Gasteiger charge is 2.12. The monoisotopic (exact) mass is 359 g/mol. The van der Waals surface area contributed by atoms with Gasteiger partial charge in [0.2, 0.25) is 0 Å². The molecule has 0 bridgehead atoms. The standard InChI is InChI=1S/C19H15ClFNO3/c1-12-17(8-9-24-12)19(23)22-15-4-7-18(20)13(10-15)11-25-16-5-2-14(21)3-6-16/h2-10H,11H2,1H3,(H,22,23). The molecular formula is C19H15ClFNO3. The zero-order valence-corrected chi connectivity index (χ0v) is 14.1. The lowest BCUT2D eigenvalue weighted by atomic mass is 10.2. The number of hydrogen-bond donors (Lipinski definition) is 1. The van der Waals surface area contributed by atoms with Gasteiger partial charge >= 0.3 is 0 Å². The summed E-state index contributed by atoms with van der Waals surface area (Å²) in [5.41, 5.74) is 1.76. The van der Waals surface area contributed by atoms with Gasteiger partial charge in [-0.25, -0.2) is 4.39 Å².